The zero-order valence-corrected chi connectivity index (χ0v) is 20.3. The predicted octanol–water partition coefficient (Wildman–Crippen LogP) is 0.00932. The van der Waals surface area contributed by atoms with Gasteiger partial charge in [-0.25, -0.2) is 4.79 Å². The molecule has 4 rings (SSSR count). The van der Waals surface area contributed by atoms with Gasteiger partial charge in [0.1, 0.15) is 53.3 Å². The average Bonchev–Trinajstić information content (AvgIpc) is 2.88. The molecule has 0 saturated carbocycles. The third-order valence-corrected chi connectivity index (χ3v) is 6.80. The molecule has 0 amide bonds. The summed E-state index contributed by atoms with van der Waals surface area (Å²) in [6.07, 6.45) is -7.69. The third kappa shape index (κ3) is 3.85. The highest BCUT2D eigenvalue weighted by atomic mass is 16.5. The van der Waals surface area contributed by atoms with Crippen molar-refractivity contribution >= 4 is 17.5 Å². The lowest BCUT2D eigenvalue weighted by atomic mass is 9.78. The number of benzene rings is 2. The molecule has 1 heterocycles. The number of aliphatic hydroxyl groups is 4. The summed E-state index contributed by atoms with van der Waals surface area (Å²) in [6, 6.07) is 2.49. The van der Waals surface area contributed by atoms with Crippen molar-refractivity contribution in [2.45, 2.75) is 37.4 Å². The average molecular weight is 518 g/mol. The van der Waals surface area contributed by atoms with Crippen molar-refractivity contribution < 1.29 is 58.9 Å². The second-order valence-electron chi connectivity index (χ2n) is 8.67. The van der Waals surface area contributed by atoms with Gasteiger partial charge in [0.2, 0.25) is 0 Å². The van der Waals surface area contributed by atoms with E-state index in [9.17, 15) is 39.9 Å². The Balaban J connectivity index is 2.01. The van der Waals surface area contributed by atoms with Gasteiger partial charge in [0, 0.05) is 16.7 Å². The van der Waals surface area contributed by atoms with Crippen molar-refractivity contribution in [3.05, 3.63) is 51.1 Å². The Morgan fingerprint density at radius 2 is 1.54 bits per heavy atom. The van der Waals surface area contributed by atoms with Gasteiger partial charge in [-0.15, -0.1) is 0 Å². The fourth-order valence-electron chi connectivity index (χ4n) is 5.00. The van der Waals surface area contributed by atoms with Gasteiger partial charge in [-0.1, -0.05) is 0 Å². The number of hydrogen-bond acceptors (Lipinski definition) is 11. The van der Waals surface area contributed by atoms with E-state index >= 15 is 0 Å². The zero-order chi connectivity index (χ0) is 27.3. The highest BCUT2D eigenvalue weighted by Gasteiger charge is 2.47. The van der Waals surface area contributed by atoms with Crippen LogP contribution in [0.2, 0.25) is 0 Å². The Hall–Kier alpha value is -3.55. The number of carboxylic acid groups (broad SMARTS) is 1. The number of carbonyl (C=O) groups is 3. The maximum atomic E-state index is 13.9. The lowest BCUT2D eigenvalue weighted by Crippen LogP contribution is -2.55. The van der Waals surface area contributed by atoms with E-state index in [1.807, 2.05) is 0 Å². The number of methoxy groups -OCH3 is 3. The molecule has 2 aliphatic rings. The molecule has 12 heteroatoms. The number of carboxylic acids is 1. The van der Waals surface area contributed by atoms with E-state index in [0.717, 1.165) is 0 Å². The molecule has 0 radical (unpaired) electrons. The number of carbonyl (C=O) groups excluding carboxylic acids is 2. The number of ketones is 2. The van der Waals surface area contributed by atoms with Crippen LogP contribution in [0.15, 0.2) is 12.1 Å². The first-order chi connectivity index (χ1) is 17.5. The van der Waals surface area contributed by atoms with Gasteiger partial charge in [-0.3, -0.25) is 9.59 Å². The molecule has 5 N–H and O–H groups in total. The van der Waals surface area contributed by atoms with Crippen LogP contribution >= 0.6 is 0 Å². The van der Waals surface area contributed by atoms with Crippen LogP contribution in [0.1, 0.15) is 59.4 Å². The third-order valence-electron chi connectivity index (χ3n) is 6.80. The van der Waals surface area contributed by atoms with Crippen LogP contribution < -0.4 is 14.2 Å². The minimum absolute atomic E-state index is 0.00391. The molecule has 198 valence electrons. The zero-order valence-electron chi connectivity index (χ0n) is 20.3. The van der Waals surface area contributed by atoms with Gasteiger partial charge < -0.3 is 44.5 Å². The minimum atomic E-state index is -1.71. The Kier molecular flexibility index (Phi) is 6.97. The molecule has 0 spiro atoms. The van der Waals surface area contributed by atoms with Gasteiger partial charge in [0.15, 0.2) is 11.6 Å². The normalized spacial score (nSPS) is 24.8. The SMILES string of the molecule is COc1cc2c(c(C)c1C(=O)O)C(=O)c1c(OC)c([C@@H]3O[C@H](CO)[C@@H](O)[C@H](O)[C@H]3O)cc(OC)c1C2=O. The minimum Gasteiger partial charge on any atom is -0.496 e. The summed E-state index contributed by atoms with van der Waals surface area (Å²) >= 11 is 0. The summed E-state index contributed by atoms with van der Waals surface area (Å²) in [5.74, 6) is -3.12. The van der Waals surface area contributed by atoms with E-state index in [4.69, 9.17) is 18.9 Å². The molecular formula is C25H26O12. The van der Waals surface area contributed by atoms with Crippen molar-refractivity contribution in [3.8, 4) is 17.2 Å². The number of ether oxygens (including phenoxy) is 4. The number of hydrogen-bond donors (Lipinski definition) is 5. The highest BCUT2D eigenvalue weighted by Crippen LogP contribution is 2.47. The lowest BCUT2D eigenvalue weighted by Gasteiger charge is -2.41. The van der Waals surface area contributed by atoms with E-state index in [-0.39, 0.29) is 56.2 Å². The summed E-state index contributed by atoms with van der Waals surface area (Å²) in [7, 11) is 3.71. The lowest BCUT2D eigenvalue weighted by molar-refractivity contribution is -0.232. The Morgan fingerprint density at radius 1 is 0.892 bits per heavy atom. The Labute approximate surface area is 210 Å². The summed E-state index contributed by atoms with van der Waals surface area (Å²) in [4.78, 5) is 39.5. The van der Waals surface area contributed by atoms with E-state index in [1.54, 1.807) is 0 Å². The molecule has 1 aliphatic carbocycles. The van der Waals surface area contributed by atoms with Crippen molar-refractivity contribution in [1.29, 1.82) is 0 Å². The van der Waals surface area contributed by atoms with Crippen molar-refractivity contribution in [3.63, 3.8) is 0 Å². The second kappa shape index (κ2) is 9.72. The molecule has 0 aromatic heterocycles. The van der Waals surface area contributed by atoms with Crippen LogP contribution in [-0.2, 0) is 4.74 Å². The Morgan fingerprint density at radius 3 is 2.08 bits per heavy atom. The van der Waals surface area contributed by atoms with E-state index < -0.39 is 54.7 Å². The molecule has 1 fully saturated rings. The summed E-state index contributed by atoms with van der Waals surface area (Å²) in [6.45, 7) is 0.696. The molecule has 1 saturated heterocycles. The molecule has 0 bridgehead atoms. The van der Waals surface area contributed by atoms with E-state index in [1.165, 1.54) is 40.4 Å². The second-order valence-corrected chi connectivity index (χ2v) is 8.67. The molecule has 12 nitrogen and oxygen atoms in total. The van der Waals surface area contributed by atoms with Gasteiger partial charge in [-0.05, 0) is 24.6 Å². The molecule has 2 aromatic rings. The quantitative estimate of drug-likeness (QED) is 0.294. The Bertz CT molecular complexity index is 1300. The molecule has 2 aromatic carbocycles. The van der Waals surface area contributed by atoms with E-state index in [2.05, 4.69) is 0 Å². The van der Waals surface area contributed by atoms with Crippen LogP contribution in [0.5, 0.6) is 17.2 Å². The maximum Gasteiger partial charge on any atom is 0.339 e. The summed E-state index contributed by atoms with van der Waals surface area (Å²) in [5.41, 5.74) is -0.943. The molecule has 5 atom stereocenters. The predicted molar refractivity (Wildman–Crippen MR) is 124 cm³/mol. The molecule has 1 aliphatic heterocycles. The van der Waals surface area contributed by atoms with Gasteiger partial charge in [0.25, 0.3) is 0 Å². The van der Waals surface area contributed by atoms with Crippen LogP contribution in [0, 0.1) is 6.92 Å². The molecular weight excluding hydrogens is 492 g/mol. The first-order valence-corrected chi connectivity index (χ1v) is 11.2. The van der Waals surface area contributed by atoms with Gasteiger partial charge in [0.05, 0.1) is 39.1 Å². The number of fused-ring (bicyclic) bond motifs is 2. The van der Waals surface area contributed by atoms with Gasteiger partial charge >= 0.3 is 5.97 Å². The number of rotatable bonds is 6. The first kappa shape index (κ1) is 26.5. The number of aromatic carboxylic acids is 1. The number of aliphatic hydroxyl groups excluding tert-OH is 4. The smallest absolute Gasteiger partial charge is 0.339 e. The van der Waals surface area contributed by atoms with Crippen LogP contribution in [-0.4, -0.2) is 95.4 Å². The largest absolute Gasteiger partial charge is 0.496 e. The standard InChI is InChI=1S/C25H26O12/c1-8-14-9(5-11(34-2)15(8)25(32)33)18(27)16-12(35-3)6-10(23(36-4)17(16)20(14)29)24-22(31)21(30)19(28)13(7-26)37-24/h5-6,13,19,21-22,24,26,28,30-31H,7H2,1-4H3,(H,32,33)/t13-,19-,21+,22-,24+/m1/s1. The highest BCUT2D eigenvalue weighted by molar-refractivity contribution is 6.31. The van der Waals surface area contributed by atoms with Crippen LogP contribution in [0.4, 0.5) is 0 Å². The van der Waals surface area contributed by atoms with Crippen molar-refractivity contribution in [2.75, 3.05) is 27.9 Å². The van der Waals surface area contributed by atoms with E-state index in [0.29, 0.717) is 0 Å². The van der Waals surface area contributed by atoms with Gasteiger partial charge in [-0.2, -0.15) is 0 Å². The summed E-state index contributed by atoms with van der Waals surface area (Å²) in [5, 5.41) is 50.5. The van der Waals surface area contributed by atoms with Crippen molar-refractivity contribution in [1.82, 2.24) is 0 Å². The van der Waals surface area contributed by atoms with Crippen molar-refractivity contribution in [2.24, 2.45) is 0 Å². The van der Waals surface area contributed by atoms with Crippen LogP contribution in [0.3, 0.4) is 0 Å². The topological polar surface area (TPSA) is 189 Å². The van der Waals surface area contributed by atoms with Crippen LogP contribution in [0.25, 0.3) is 0 Å². The summed E-state index contributed by atoms with van der Waals surface area (Å²) < 4.78 is 21.7. The maximum absolute atomic E-state index is 13.9. The fraction of sp³-hybridized carbons (Fsp3) is 0.400. The first-order valence-electron chi connectivity index (χ1n) is 11.2. The molecule has 37 heavy (non-hydrogen) atoms. The monoisotopic (exact) mass is 518 g/mol. The fourth-order valence-corrected chi connectivity index (χ4v) is 5.00. The molecule has 0 unspecified atom stereocenters.